The Morgan fingerprint density at radius 2 is 2.00 bits per heavy atom. The molecule has 2 aromatic rings. The van der Waals surface area contributed by atoms with E-state index in [4.69, 9.17) is 11.6 Å². The second-order valence-corrected chi connectivity index (χ2v) is 7.01. The average Bonchev–Trinajstić information content (AvgIpc) is 2.94. The van der Waals surface area contributed by atoms with Crippen LogP contribution in [0.2, 0.25) is 5.02 Å². The highest BCUT2D eigenvalue weighted by atomic mass is 35.5. The molecule has 3 rings (SSSR count). The molecule has 0 saturated carbocycles. The van der Waals surface area contributed by atoms with E-state index < -0.39 is 6.10 Å². The number of hydrogen-bond acceptors (Lipinski definition) is 3. The molecule has 4 nitrogen and oxygen atoms in total. The van der Waals surface area contributed by atoms with Gasteiger partial charge < -0.3 is 10.4 Å². The van der Waals surface area contributed by atoms with Crippen LogP contribution in [-0.2, 0) is 0 Å². The van der Waals surface area contributed by atoms with Gasteiger partial charge in [0.05, 0.1) is 17.8 Å². The topological polar surface area (TPSA) is 60.9 Å². The maximum Gasteiger partial charge on any atom is 0.0864 e. The minimum atomic E-state index is -0.567. The van der Waals surface area contributed by atoms with Crippen LogP contribution in [0.4, 0.5) is 0 Å². The summed E-state index contributed by atoms with van der Waals surface area (Å²) in [6, 6.07) is 3.73. The molecule has 0 bridgehead atoms. The zero-order valence-electron chi connectivity index (χ0n) is 12.9. The van der Waals surface area contributed by atoms with Gasteiger partial charge in [0, 0.05) is 16.0 Å². The van der Waals surface area contributed by atoms with Crippen LogP contribution >= 0.6 is 24.0 Å². The molecule has 1 aromatic heterocycles. The predicted octanol–water partition coefficient (Wildman–Crippen LogP) is 3.70. The zero-order chi connectivity index (χ0) is 15.0. The number of fused-ring (bicyclic) bond motifs is 1. The van der Waals surface area contributed by atoms with Gasteiger partial charge in [-0.1, -0.05) is 25.4 Å². The first-order valence-electron chi connectivity index (χ1n) is 7.51. The van der Waals surface area contributed by atoms with Gasteiger partial charge in [-0.15, -0.1) is 12.4 Å². The number of piperidine rings is 1. The maximum absolute atomic E-state index is 11.0. The van der Waals surface area contributed by atoms with Gasteiger partial charge in [0.15, 0.2) is 0 Å². The molecular weight excluding hydrogens is 321 g/mol. The largest absolute Gasteiger partial charge is 0.388 e. The van der Waals surface area contributed by atoms with Crippen LogP contribution in [0, 0.1) is 11.3 Å². The lowest BCUT2D eigenvalue weighted by atomic mass is 9.68. The quantitative estimate of drug-likeness (QED) is 0.796. The van der Waals surface area contributed by atoms with Crippen molar-refractivity contribution in [1.29, 1.82) is 0 Å². The van der Waals surface area contributed by atoms with E-state index in [-0.39, 0.29) is 17.8 Å². The van der Waals surface area contributed by atoms with E-state index in [9.17, 15) is 5.11 Å². The summed E-state index contributed by atoms with van der Waals surface area (Å²) in [5.41, 5.74) is 1.53. The summed E-state index contributed by atoms with van der Waals surface area (Å²) in [6.45, 7) is 6.35. The third-order valence-corrected chi connectivity index (χ3v) is 5.15. The fraction of sp³-hybridized carbons (Fsp3) is 0.562. The fourth-order valence-corrected chi connectivity index (χ4v) is 3.69. The number of benzene rings is 1. The van der Waals surface area contributed by atoms with Crippen molar-refractivity contribution in [2.45, 2.75) is 32.8 Å². The van der Waals surface area contributed by atoms with Gasteiger partial charge in [0.2, 0.25) is 0 Å². The Hall–Kier alpha value is -0.810. The van der Waals surface area contributed by atoms with Crippen molar-refractivity contribution in [3.8, 4) is 0 Å². The van der Waals surface area contributed by atoms with Gasteiger partial charge in [0.1, 0.15) is 0 Å². The Morgan fingerprint density at radius 3 is 2.68 bits per heavy atom. The summed E-state index contributed by atoms with van der Waals surface area (Å²) < 4.78 is 0. The molecule has 0 spiro atoms. The number of aliphatic hydroxyl groups is 1. The van der Waals surface area contributed by atoms with E-state index in [0.717, 1.165) is 42.4 Å². The van der Waals surface area contributed by atoms with Gasteiger partial charge in [-0.25, -0.2) is 0 Å². The normalized spacial score (nSPS) is 18.2. The monoisotopic (exact) mass is 343 g/mol. The van der Waals surface area contributed by atoms with E-state index in [1.54, 1.807) is 6.20 Å². The molecule has 1 saturated heterocycles. The highest BCUT2D eigenvalue weighted by Gasteiger charge is 2.38. The number of nitrogens with zero attached hydrogens (tertiary/aromatic N) is 1. The number of aliphatic hydroxyl groups excluding tert-OH is 1. The van der Waals surface area contributed by atoms with Crippen LogP contribution in [0.3, 0.4) is 0 Å². The lowest BCUT2D eigenvalue weighted by molar-refractivity contribution is -0.00538. The molecule has 0 amide bonds. The molecule has 1 atom stereocenters. The van der Waals surface area contributed by atoms with E-state index in [2.05, 4.69) is 29.4 Å². The van der Waals surface area contributed by atoms with Gasteiger partial charge in [0.25, 0.3) is 0 Å². The lowest BCUT2D eigenvalue weighted by Crippen LogP contribution is -2.39. The Labute approximate surface area is 142 Å². The van der Waals surface area contributed by atoms with Crippen molar-refractivity contribution in [2.24, 2.45) is 11.3 Å². The first kappa shape index (κ1) is 17.5. The van der Waals surface area contributed by atoms with E-state index >= 15 is 0 Å². The maximum atomic E-state index is 11.0. The van der Waals surface area contributed by atoms with E-state index in [1.165, 1.54) is 0 Å². The summed E-state index contributed by atoms with van der Waals surface area (Å²) in [5, 5.41) is 23.0. The van der Waals surface area contributed by atoms with E-state index in [1.807, 2.05) is 12.1 Å². The van der Waals surface area contributed by atoms with Gasteiger partial charge in [-0.3, -0.25) is 5.10 Å². The van der Waals surface area contributed by atoms with Crippen molar-refractivity contribution in [3.05, 3.63) is 28.9 Å². The molecule has 6 heteroatoms. The fourth-order valence-electron chi connectivity index (χ4n) is 3.45. The Kier molecular flexibility index (Phi) is 5.38. The second-order valence-electron chi connectivity index (χ2n) is 6.58. The third-order valence-electron chi connectivity index (χ3n) is 4.93. The van der Waals surface area contributed by atoms with E-state index in [0.29, 0.717) is 10.9 Å². The van der Waals surface area contributed by atoms with Crippen LogP contribution in [-0.4, -0.2) is 28.4 Å². The minimum Gasteiger partial charge on any atom is -0.388 e. The predicted molar refractivity (Wildman–Crippen MR) is 92.7 cm³/mol. The molecule has 122 valence electrons. The van der Waals surface area contributed by atoms with Gasteiger partial charge in [-0.2, -0.15) is 5.10 Å². The molecule has 22 heavy (non-hydrogen) atoms. The summed E-state index contributed by atoms with van der Waals surface area (Å²) in [7, 11) is 0. The Balaban J connectivity index is 0.00000176. The van der Waals surface area contributed by atoms with Crippen LogP contribution in [0.5, 0.6) is 0 Å². The van der Waals surface area contributed by atoms with Crippen LogP contribution in [0.1, 0.15) is 38.4 Å². The average molecular weight is 344 g/mol. The van der Waals surface area contributed by atoms with Crippen molar-refractivity contribution in [3.63, 3.8) is 0 Å². The smallest absolute Gasteiger partial charge is 0.0864 e. The van der Waals surface area contributed by atoms with Crippen LogP contribution < -0.4 is 5.32 Å². The second kappa shape index (κ2) is 6.75. The summed E-state index contributed by atoms with van der Waals surface area (Å²) in [6.07, 6.45) is 3.37. The van der Waals surface area contributed by atoms with Crippen molar-refractivity contribution in [1.82, 2.24) is 15.5 Å². The van der Waals surface area contributed by atoms with Crippen LogP contribution in [0.15, 0.2) is 18.3 Å². The van der Waals surface area contributed by atoms with Crippen molar-refractivity contribution < 1.29 is 5.11 Å². The number of H-pyrrole nitrogens is 1. The lowest BCUT2D eigenvalue weighted by Gasteiger charge is -2.41. The SMILES string of the molecule is CC(C)(C1CCNCC1)C(O)c1cc(Cl)cc2cn[nH]c12.Cl. The number of rotatable bonds is 3. The molecule has 3 N–H and O–H groups in total. The van der Waals surface area contributed by atoms with Gasteiger partial charge in [-0.05, 0) is 49.4 Å². The third kappa shape index (κ3) is 3.11. The Morgan fingerprint density at radius 1 is 1.32 bits per heavy atom. The zero-order valence-corrected chi connectivity index (χ0v) is 14.5. The number of nitrogens with one attached hydrogen (secondary N) is 2. The molecular formula is C16H23Cl2N3O. The standard InChI is InChI=1S/C16H22ClN3O.ClH/c1-16(2,11-3-5-18-6-4-11)15(21)13-8-12(17)7-10-9-19-20-14(10)13;/h7-9,11,15,18,21H,3-6H2,1-2H3,(H,19,20);1H. The number of aromatic amines is 1. The molecule has 1 aliphatic rings. The molecule has 1 aromatic carbocycles. The summed E-state index contributed by atoms with van der Waals surface area (Å²) in [5.74, 6) is 0.491. The number of hydrogen-bond donors (Lipinski definition) is 3. The number of aromatic nitrogens is 2. The highest BCUT2D eigenvalue weighted by Crippen LogP contribution is 2.45. The van der Waals surface area contributed by atoms with Gasteiger partial charge >= 0.3 is 0 Å². The first-order chi connectivity index (χ1) is 10.00. The minimum absolute atomic E-state index is 0. The summed E-state index contributed by atoms with van der Waals surface area (Å²) >= 11 is 6.20. The number of halogens is 2. The first-order valence-corrected chi connectivity index (χ1v) is 7.89. The molecule has 0 aliphatic carbocycles. The molecule has 1 aliphatic heterocycles. The van der Waals surface area contributed by atoms with Crippen LogP contribution in [0.25, 0.3) is 10.9 Å². The molecule has 1 unspecified atom stereocenters. The highest BCUT2D eigenvalue weighted by molar-refractivity contribution is 6.31. The molecule has 2 heterocycles. The van der Waals surface area contributed by atoms with Crippen molar-refractivity contribution in [2.75, 3.05) is 13.1 Å². The summed E-state index contributed by atoms with van der Waals surface area (Å²) in [4.78, 5) is 0. The molecule has 1 fully saturated rings. The Bertz CT molecular complexity index is 635. The molecule has 0 radical (unpaired) electrons. The van der Waals surface area contributed by atoms with Crippen molar-refractivity contribution >= 4 is 34.9 Å².